The third-order valence-corrected chi connectivity index (χ3v) is 2.07. The zero-order valence-corrected chi connectivity index (χ0v) is 8.08. The molecule has 0 amide bonds. The molecular weight excluding hydrogens is 178 g/mol. The Morgan fingerprint density at radius 2 is 2.43 bits per heavy atom. The molecule has 1 atom stereocenters. The van der Waals surface area contributed by atoms with Gasteiger partial charge in [-0.25, -0.2) is 0 Å². The molecule has 4 nitrogen and oxygen atoms in total. The van der Waals surface area contributed by atoms with Gasteiger partial charge in [0.15, 0.2) is 0 Å². The van der Waals surface area contributed by atoms with E-state index in [0.29, 0.717) is 0 Å². The molecule has 74 valence electrons. The van der Waals surface area contributed by atoms with Gasteiger partial charge in [-0.3, -0.25) is 4.79 Å². The number of nitrogens with two attached hydrogens (primary N) is 1. The molecule has 1 heterocycles. The van der Waals surface area contributed by atoms with Crippen molar-refractivity contribution in [1.82, 2.24) is 4.98 Å². The zero-order valence-electron chi connectivity index (χ0n) is 8.08. The van der Waals surface area contributed by atoms with Crippen molar-refractivity contribution >= 4 is 0 Å². The number of nitriles is 1. The monoisotopic (exact) mass is 191 g/mol. The van der Waals surface area contributed by atoms with Gasteiger partial charge in [-0.05, 0) is 18.1 Å². The van der Waals surface area contributed by atoms with Crippen molar-refractivity contribution in [3.63, 3.8) is 0 Å². The Hall–Kier alpha value is -1.60. The lowest BCUT2D eigenvalue weighted by Crippen LogP contribution is -2.15. The minimum atomic E-state index is -0.361. The lowest BCUT2D eigenvalue weighted by Gasteiger charge is -2.09. The Morgan fingerprint density at radius 1 is 1.71 bits per heavy atom. The topological polar surface area (TPSA) is 82.7 Å². The average Bonchev–Trinajstić information content (AvgIpc) is 2.19. The molecular formula is C10H13N3O. The highest BCUT2D eigenvalue weighted by atomic mass is 16.1. The molecule has 4 heteroatoms. The third-order valence-electron chi connectivity index (χ3n) is 2.07. The van der Waals surface area contributed by atoms with Crippen molar-refractivity contribution in [1.29, 1.82) is 5.26 Å². The van der Waals surface area contributed by atoms with Gasteiger partial charge in [0.2, 0.25) is 0 Å². The first-order valence-corrected chi connectivity index (χ1v) is 4.57. The number of aromatic nitrogens is 1. The summed E-state index contributed by atoms with van der Waals surface area (Å²) in [7, 11) is 0. The molecule has 0 aliphatic heterocycles. The van der Waals surface area contributed by atoms with E-state index < -0.39 is 0 Å². The van der Waals surface area contributed by atoms with Crippen LogP contribution < -0.4 is 11.3 Å². The van der Waals surface area contributed by atoms with E-state index >= 15 is 0 Å². The van der Waals surface area contributed by atoms with E-state index in [0.717, 1.165) is 18.4 Å². The molecule has 0 aromatic carbocycles. The Morgan fingerprint density at radius 3 is 3.00 bits per heavy atom. The second kappa shape index (κ2) is 4.58. The van der Waals surface area contributed by atoms with Crippen molar-refractivity contribution in [3.8, 4) is 6.07 Å². The first-order valence-electron chi connectivity index (χ1n) is 4.57. The summed E-state index contributed by atoms with van der Waals surface area (Å²) in [5.41, 5.74) is 6.41. The second-order valence-electron chi connectivity index (χ2n) is 3.18. The summed E-state index contributed by atoms with van der Waals surface area (Å²) in [5.74, 6) is 0. The van der Waals surface area contributed by atoms with Gasteiger partial charge in [-0.15, -0.1) is 0 Å². The number of H-pyrrole nitrogens is 1. The molecule has 1 aromatic rings. The van der Waals surface area contributed by atoms with Crippen molar-refractivity contribution in [2.24, 2.45) is 5.73 Å². The van der Waals surface area contributed by atoms with Crippen LogP contribution in [0.25, 0.3) is 0 Å². The maximum atomic E-state index is 11.1. The summed E-state index contributed by atoms with van der Waals surface area (Å²) in [6.07, 6.45) is 3.39. The number of rotatable bonds is 3. The molecule has 0 aliphatic rings. The van der Waals surface area contributed by atoms with Gasteiger partial charge in [-0.1, -0.05) is 13.3 Å². The largest absolute Gasteiger partial charge is 0.328 e. The van der Waals surface area contributed by atoms with E-state index in [4.69, 9.17) is 11.0 Å². The predicted octanol–water partition coefficient (Wildman–Crippen LogP) is 1.05. The fraction of sp³-hybridized carbons (Fsp3) is 0.400. The highest BCUT2D eigenvalue weighted by Crippen LogP contribution is 2.13. The normalized spacial score (nSPS) is 12.1. The van der Waals surface area contributed by atoms with Crippen LogP contribution in [0.3, 0.4) is 0 Å². The molecule has 1 aromatic heterocycles. The summed E-state index contributed by atoms with van der Waals surface area (Å²) in [4.78, 5) is 13.6. The summed E-state index contributed by atoms with van der Waals surface area (Å²) in [5, 5.41) is 8.64. The third kappa shape index (κ3) is 2.21. The van der Waals surface area contributed by atoms with E-state index in [-0.39, 0.29) is 17.2 Å². The van der Waals surface area contributed by atoms with Crippen LogP contribution in [-0.4, -0.2) is 4.98 Å². The smallest absolute Gasteiger partial charge is 0.265 e. The van der Waals surface area contributed by atoms with Gasteiger partial charge in [0.1, 0.15) is 11.6 Å². The van der Waals surface area contributed by atoms with Crippen LogP contribution in [0, 0.1) is 11.3 Å². The molecule has 0 bridgehead atoms. The number of pyridine rings is 1. The van der Waals surface area contributed by atoms with Crippen molar-refractivity contribution in [2.75, 3.05) is 0 Å². The van der Waals surface area contributed by atoms with Crippen LogP contribution in [0.5, 0.6) is 0 Å². The fourth-order valence-electron chi connectivity index (χ4n) is 1.28. The average molecular weight is 191 g/mol. The molecule has 0 fully saturated rings. The maximum Gasteiger partial charge on any atom is 0.265 e. The lowest BCUT2D eigenvalue weighted by molar-refractivity contribution is 0.635. The molecule has 0 radical (unpaired) electrons. The van der Waals surface area contributed by atoms with Crippen molar-refractivity contribution < 1.29 is 0 Å². The summed E-state index contributed by atoms with van der Waals surface area (Å²) < 4.78 is 0. The standard InChI is InChI=1S/C10H13N3O/c1-2-3-9(12)8-4-7(5-11)10(14)13-6-8/h4,6,9H,2-3,12H2,1H3,(H,13,14)/t9-/m1/s1. The van der Waals surface area contributed by atoms with Gasteiger partial charge < -0.3 is 10.7 Å². The first-order chi connectivity index (χ1) is 6.69. The van der Waals surface area contributed by atoms with Crippen LogP contribution in [0.4, 0.5) is 0 Å². The van der Waals surface area contributed by atoms with E-state index in [1.54, 1.807) is 12.3 Å². The molecule has 0 spiro atoms. The molecule has 0 unspecified atom stereocenters. The van der Waals surface area contributed by atoms with Crippen molar-refractivity contribution in [2.45, 2.75) is 25.8 Å². The Bertz CT molecular complexity index is 403. The number of nitrogens with one attached hydrogen (secondary N) is 1. The molecule has 0 saturated heterocycles. The van der Waals surface area contributed by atoms with Crippen molar-refractivity contribution in [3.05, 3.63) is 33.7 Å². The fourth-order valence-corrected chi connectivity index (χ4v) is 1.28. The highest BCUT2D eigenvalue weighted by Gasteiger charge is 2.07. The second-order valence-corrected chi connectivity index (χ2v) is 3.18. The number of hydrogen-bond acceptors (Lipinski definition) is 3. The van der Waals surface area contributed by atoms with Crippen LogP contribution in [0.2, 0.25) is 0 Å². The van der Waals surface area contributed by atoms with Crippen LogP contribution in [0.1, 0.15) is 36.9 Å². The Labute approximate surface area is 82.4 Å². The zero-order chi connectivity index (χ0) is 10.6. The first kappa shape index (κ1) is 10.5. The lowest BCUT2D eigenvalue weighted by atomic mass is 10.0. The molecule has 1 rings (SSSR count). The highest BCUT2D eigenvalue weighted by molar-refractivity contribution is 5.30. The molecule has 0 saturated carbocycles. The molecule has 0 aliphatic carbocycles. The minimum absolute atomic E-state index is 0.107. The Kier molecular flexibility index (Phi) is 3.43. The van der Waals surface area contributed by atoms with E-state index in [9.17, 15) is 4.79 Å². The molecule has 3 N–H and O–H groups in total. The summed E-state index contributed by atoms with van der Waals surface area (Å²) in [6, 6.07) is 3.28. The van der Waals surface area contributed by atoms with Crippen LogP contribution >= 0.6 is 0 Å². The van der Waals surface area contributed by atoms with E-state index in [1.165, 1.54) is 0 Å². The number of aromatic amines is 1. The minimum Gasteiger partial charge on any atom is -0.328 e. The maximum absolute atomic E-state index is 11.1. The predicted molar refractivity (Wildman–Crippen MR) is 53.6 cm³/mol. The Balaban J connectivity index is 3.02. The van der Waals surface area contributed by atoms with E-state index in [1.807, 2.05) is 13.0 Å². The van der Waals surface area contributed by atoms with Gasteiger partial charge in [-0.2, -0.15) is 5.26 Å². The van der Waals surface area contributed by atoms with Gasteiger partial charge >= 0.3 is 0 Å². The number of hydrogen-bond donors (Lipinski definition) is 2. The SMILES string of the molecule is CCC[C@@H](N)c1c[nH]c(=O)c(C#N)c1. The summed E-state index contributed by atoms with van der Waals surface area (Å²) in [6.45, 7) is 2.04. The van der Waals surface area contributed by atoms with Gasteiger partial charge in [0.25, 0.3) is 5.56 Å². The van der Waals surface area contributed by atoms with Crippen LogP contribution in [0.15, 0.2) is 17.1 Å². The molecule has 14 heavy (non-hydrogen) atoms. The quantitative estimate of drug-likeness (QED) is 0.749. The summed E-state index contributed by atoms with van der Waals surface area (Å²) >= 11 is 0. The van der Waals surface area contributed by atoms with E-state index in [2.05, 4.69) is 4.98 Å². The van der Waals surface area contributed by atoms with Gasteiger partial charge in [0, 0.05) is 12.2 Å². The number of nitrogens with zero attached hydrogens (tertiary/aromatic N) is 1. The van der Waals surface area contributed by atoms with Crippen LogP contribution in [-0.2, 0) is 0 Å². The van der Waals surface area contributed by atoms with Gasteiger partial charge in [0.05, 0.1) is 0 Å².